The first-order valence-corrected chi connectivity index (χ1v) is 8.99. The molecule has 1 aliphatic heterocycles. The Kier molecular flexibility index (Phi) is 4.78. The number of pyridine rings is 1. The highest BCUT2D eigenvalue weighted by molar-refractivity contribution is 5.74. The van der Waals surface area contributed by atoms with Crippen LogP contribution >= 0.6 is 0 Å². The van der Waals surface area contributed by atoms with Gasteiger partial charge in [-0.1, -0.05) is 6.07 Å². The first-order chi connectivity index (χ1) is 13.2. The van der Waals surface area contributed by atoms with Crippen molar-refractivity contribution >= 4 is 11.7 Å². The molecular weight excluding hydrogens is 342 g/mol. The minimum atomic E-state index is 0.0631. The lowest BCUT2D eigenvalue weighted by Gasteiger charge is -2.28. The highest BCUT2D eigenvalue weighted by atomic mass is 16.2. The van der Waals surface area contributed by atoms with Crippen LogP contribution in [0.25, 0.3) is 11.5 Å². The molecule has 0 aliphatic carbocycles. The molecule has 8 nitrogen and oxygen atoms in total. The van der Waals surface area contributed by atoms with Crippen molar-refractivity contribution < 1.29 is 4.79 Å². The summed E-state index contributed by atoms with van der Waals surface area (Å²) in [5.74, 6) is 1.46. The van der Waals surface area contributed by atoms with E-state index < -0.39 is 0 Å². The number of hydrogen-bond acceptors (Lipinski definition) is 6. The van der Waals surface area contributed by atoms with Gasteiger partial charge >= 0.3 is 0 Å². The Balaban J connectivity index is 1.64. The van der Waals surface area contributed by atoms with Crippen molar-refractivity contribution in [2.24, 2.45) is 0 Å². The topological polar surface area (TPSA) is 99.7 Å². The number of aromatic nitrogens is 5. The van der Waals surface area contributed by atoms with Crippen LogP contribution < -0.4 is 5.32 Å². The zero-order chi connectivity index (χ0) is 18.6. The summed E-state index contributed by atoms with van der Waals surface area (Å²) in [7, 11) is 0. The van der Waals surface area contributed by atoms with Gasteiger partial charge in [-0.3, -0.25) is 14.9 Å². The minimum absolute atomic E-state index is 0.0631. The van der Waals surface area contributed by atoms with E-state index in [-0.39, 0.29) is 5.91 Å². The van der Waals surface area contributed by atoms with E-state index in [1.807, 2.05) is 35.5 Å². The highest BCUT2D eigenvalue weighted by Crippen LogP contribution is 2.26. The second-order valence-corrected chi connectivity index (χ2v) is 6.51. The quantitative estimate of drug-likeness (QED) is 0.717. The number of anilines is 1. The number of H-pyrrole nitrogens is 1. The Morgan fingerprint density at radius 2 is 2.26 bits per heavy atom. The van der Waals surface area contributed by atoms with E-state index in [4.69, 9.17) is 9.97 Å². The van der Waals surface area contributed by atoms with Gasteiger partial charge in [0, 0.05) is 38.0 Å². The number of amides is 1. The molecule has 8 heteroatoms. The Labute approximate surface area is 157 Å². The third-order valence-corrected chi connectivity index (χ3v) is 4.67. The molecule has 0 unspecified atom stereocenters. The number of aromatic amines is 1. The van der Waals surface area contributed by atoms with E-state index in [1.54, 1.807) is 13.1 Å². The van der Waals surface area contributed by atoms with Gasteiger partial charge in [-0.25, -0.2) is 9.97 Å². The van der Waals surface area contributed by atoms with Crippen LogP contribution in [-0.2, 0) is 24.2 Å². The average Bonchev–Trinajstić information content (AvgIpc) is 3.21. The van der Waals surface area contributed by atoms with Crippen LogP contribution in [0.4, 0.5) is 5.82 Å². The molecule has 0 saturated carbocycles. The second kappa shape index (κ2) is 7.53. The van der Waals surface area contributed by atoms with E-state index in [9.17, 15) is 4.79 Å². The molecule has 0 bridgehead atoms. The molecular formula is C19H21N7O. The maximum Gasteiger partial charge on any atom is 0.219 e. The molecule has 4 heterocycles. The molecule has 138 valence electrons. The molecule has 0 fully saturated rings. The molecule has 3 aromatic heterocycles. The van der Waals surface area contributed by atoms with E-state index >= 15 is 0 Å². The maximum atomic E-state index is 11.8. The fourth-order valence-electron chi connectivity index (χ4n) is 3.19. The van der Waals surface area contributed by atoms with Gasteiger partial charge in [-0.2, -0.15) is 5.10 Å². The predicted molar refractivity (Wildman–Crippen MR) is 101 cm³/mol. The summed E-state index contributed by atoms with van der Waals surface area (Å²) < 4.78 is 0. The number of nitrogens with one attached hydrogen (secondary N) is 2. The molecule has 0 atom stereocenters. The highest BCUT2D eigenvalue weighted by Gasteiger charge is 2.24. The number of hydrogen-bond donors (Lipinski definition) is 2. The van der Waals surface area contributed by atoms with E-state index in [0.29, 0.717) is 18.9 Å². The van der Waals surface area contributed by atoms with Gasteiger partial charge in [0.2, 0.25) is 5.91 Å². The van der Waals surface area contributed by atoms with Crippen molar-refractivity contribution in [3.63, 3.8) is 0 Å². The van der Waals surface area contributed by atoms with E-state index in [0.717, 1.165) is 47.7 Å². The minimum Gasteiger partial charge on any atom is -0.369 e. The standard InChI is InChI=1S/C19H21N7O/c1-13(27)26-9-6-15-17(12-26)24-19(16-4-2-3-7-20-16)25-18(15)21-8-5-14-10-22-23-11-14/h2-4,7,10-11H,5-6,8-9,12H2,1H3,(H,22,23)(H,21,24,25). The Bertz CT molecular complexity index is 925. The molecule has 1 aliphatic rings. The number of fused-ring (bicyclic) bond motifs is 1. The summed E-state index contributed by atoms with van der Waals surface area (Å²) in [5, 5.41) is 10.2. The zero-order valence-electron chi connectivity index (χ0n) is 15.1. The number of carbonyl (C=O) groups is 1. The van der Waals surface area contributed by atoms with Gasteiger partial charge in [0.1, 0.15) is 11.5 Å². The predicted octanol–water partition coefficient (Wildman–Crippen LogP) is 1.82. The van der Waals surface area contributed by atoms with Crippen molar-refractivity contribution in [1.82, 2.24) is 30.0 Å². The van der Waals surface area contributed by atoms with Crippen LogP contribution in [-0.4, -0.2) is 49.0 Å². The largest absolute Gasteiger partial charge is 0.369 e. The molecule has 0 aromatic carbocycles. The van der Waals surface area contributed by atoms with Crippen LogP contribution in [0.15, 0.2) is 36.8 Å². The zero-order valence-corrected chi connectivity index (χ0v) is 15.1. The molecule has 4 rings (SSSR count). The van der Waals surface area contributed by atoms with Crippen LogP contribution in [0.3, 0.4) is 0 Å². The molecule has 2 N–H and O–H groups in total. The van der Waals surface area contributed by atoms with Crippen molar-refractivity contribution in [2.75, 3.05) is 18.4 Å². The van der Waals surface area contributed by atoms with Crippen LogP contribution in [0.2, 0.25) is 0 Å². The Morgan fingerprint density at radius 1 is 1.33 bits per heavy atom. The van der Waals surface area contributed by atoms with Crippen molar-refractivity contribution in [3.8, 4) is 11.5 Å². The van der Waals surface area contributed by atoms with Crippen LogP contribution in [0.5, 0.6) is 0 Å². The van der Waals surface area contributed by atoms with E-state index in [2.05, 4.69) is 20.5 Å². The normalized spacial score (nSPS) is 13.3. The summed E-state index contributed by atoms with van der Waals surface area (Å²) in [6.07, 6.45) is 7.02. The summed E-state index contributed by atoms with van der Waals surface area (Å²) >= 11 is 0. The molecule has 3 aromatic rings. The fourth-order valence-corrected chi connectivity index (χ4v) is 3.19. The monoisotopic (exact) mass is 363 g/mol. The molecule has 0 saturated heterocycles. The lowest BCUT2D eigenvalue weighted by Crippen LogP contribution is -2.35. The SMILES string of the molecule is CC(=O)N1CCc2c(nc(-c3ccccn3)nc2NCCc2cn[nH]c2)C1. The first kappa shape index (κ1) is 17.1. The van der Waals surface area contributed by atoms with Crippen molar-refractivity contribution in [2.45, 2.75) is 26.3 Å². The van der Waals surface area contributed by atoms with Gasteiger partial charge in [0.25, 0.3) is 0 Å². The lowest BCUT2D eigenvalue weighted by atomic mass is 10.0. The molecule has 0 spiro atoms. The van der Waals surface area contributed by atoms with Crippen molar-refractivity contribution in [3.05, 3.63) is 53.6 Å². The van der Waals surface area contributed by atoms with Crippen LogP contribution in [0.1, 0.15) is 23.7 Å². The first-order valence-electron chi connectivity index (χ1n) is 8.99. The molecule has 27 heavy (non-hydrogen) atoms. The van der Waals surface area contributed by atoms with Crippen molar-refractivity contribution in [1.29, 1.82) is 0 Å². The third-order valence-electron chi connectivity index (χ3n) is 4.67. The second-order valence-electron chi connectivity index (χ2n) is 6.51. The average molecular weight is 363 g/mol. The number of rotatable bonds is 5. The smallest absolute Gasteiger partial charge is 0.219 e. The third kappa shape index (κ3) is 3.79. The number of carbonyl (C=O) groups excluding carboxylic acids is 1. The van der Waals surface area contributed by atoms with Gasteiger partial charge in [0.05, 0.1) is 18.4 Å². The number of nitrogens with zero attached hydrogens (tertiary/aromatic N) is 5. The van der Waals surface area contributed by atoms with Gasteiger partial charge < -0.3 is 10.2 Å². The summed E-state index contributed by atoms with van der Waals surface area (Å²) in [4.78, 5) is 27.4. The summed E-state index contributed by atoms with van der Waals surface area (Å²) in [5.41, 5.74) is 3.83. The van der Waals surface area contributed by atoms with E-state index in [1.165, 1.54) is 0 Å². The fraction of sp³-hybridized carbons (Fsp3) is 0.316. The Morgan fingerprint density at radius 3 is 3.00 bits per heavy atom. The van der Waals surface area contributed by atoms with Crippen LogP contribution in [0, 0.1) is 0 Å². The summed E-state index contributed by atoms with van der Waals surface area (Å²) in [6, 6.07) is 5.67. The molecule has 0 radical (unpaired) electrons. The summed E-state index contributed by atoms with van der Waals surface area (Å²) in [6.45, 7) is 3.52. The Hall–Kier alpha value is -3.29. The molecule has 1 amide bonds. The van der Waals surface area contributed by atoms with Gasteiger partial charge in [0.15, 0.2) is 5.82 Å². The maximum absolute atomic E-state index is 11.8. The van der Waals surface area contributed by atoms with Gasteiger partial charge in [-0.15, -0.1) is 0 Å². The lowest BCUT2D eigenvalue weighted by molar-refractivity contribution is -0.129. The van der Waals surface area contributed by atoms with Gasteiger partial charge in [-0.05, 0) is 30.5 Å².